The Morgan fingerprint density at radius 3 is 2.64 bits per heavy atom. The molecule has 0 spiro atoms. The standard InChI is InChI=1S/C18H19N3O3S/c1-12-6-8-15(9-7-12)19-18(25)21-20-13(2)14-4-3-5-16(10-14)24-11-17(22)23/h3-10H,11H2,1-2H3,(H,22,23)(H2,19,21,25)/b20-13-. The Kier molecular flexibility index (Phi) is 6.47. The van der Waals surface area contributed by atoms with Gasteiger partial charge in [0, 0.05) is 11.3 Å². The molecule has 2 rings (SSSR count). The van der Waals surface area contributed by atoms with E-state index in [0.717, 1.165) is 11.3 Å². The van der Waals surface area contributed by atoms with E-state index in [9.17, 15) is 4.79 Å². The van der Waals surface area contributed by atoms with Crippen LogP contribution in [-0.2, 0) is 4.79 Å². The Hall–Kier alpha value is -2.93. The van der Waals surface area contributed by atoms with Crippen LogP contribution in [0.2, 0.25) is 0 Å². The highest BCUT2D eigenvalue weighted by Crippen LogP contribution is 2.14. The summed E-state index contributed by atoms with van der Waals surface area (Å²) in [6.07, 6.45) is 0. The van der Waals surface area contributed by atoms with Crippen molar-refractivity contribution < 1.29 is 14.6 Å². The summed E-state index contributed by atoms with van der Waals surface area (Å²) in [5.74, 6) is -0.556. The number of hydrogen-bond donors (Lipinski definition) is 3. The van der Waals surface area contributed by atoms with E-state index in [1.807, 2.05) is 44.2 Å². The van der Waals surface area contributed by atoms with Crippen molar-refractivity contribution in [2.24, 2.45) is 5.10 Å². The third-order valence-corrected chi connectivity index (χ3v) is 3.44. The minimum Gasteiger partial charge on any atom is -0.482 e. The van der Waals surface area contributed by atoms with Gasteiger partial charge in [0.15, 0.2) is 11.7 Å². The zero-order valence-corrected chi connectivity index (χ0v) is 14.8. The summed E-state index contributed by atoms with van der Waals surface area (Å²) < 4.78 is 5.16. The Balaban J connectivity index is 1.96. The number of nitrogens with zero attached hydrogens (tertiary/aromatic N) is 1. The van der Waals surface area contributed by atoms with Crippen molar-refractivity contribution in [2.45, 2.75) is 13.8 Å². The summed E-state index contributed by atoms with van der Waals surface area (Å²) in [6, 6.07) is 14.9. The largest absolute Gasteiger partial charge is 0.482 e. The average molecular weight is 357 g/mol. The first-order valence-corrected chi connectivity index (χ1v) is 7.98. The van der Waals surface area contributed by atoms with Gasteiger partial charge >= 0.3 is 5.97 Å². The number of nitrogens with one attached hydrogen (secondary N) is 2. The number of aliphatic carboxylic acids is 1. The fourth-order valence-electron chi connectivity index (χ4n) is 1.95. The number of carboxylic acid groups (broad SMARTS) is 1. The first-order valence-electron chi connectivity index (χ1n) is 7.57. The van der Waals surface area contributed by atoms with E-state index in [-0.39, 0.29) is 6.61 Å². The molecule has 130 valence electrons. The zero-order chi connectivity index (χ0) is 18.2. The lowest BCUT2D eigenvalue weighted by molar-refractivity contribution is -0.139. The van der Waals surface area contributed by atoms with Crippen molar-refractivity contribution in [3.8, 4) is 5.75 Å². The fraction of sp³-hybridized carbons (Fsp3) is 0.167. The topological polar surface area (TPSA) is 83.0 Å². The summed E-state index contributed by atoms with van der Waals surface area (Å²) in [5, 5.41) is 16.3. The van der Waals surface area contributed by atoms with Gasteiger partial charge in [-0.05, 0) is 50.3 Å². The van der Waals surface area contributed by atoms with Crippen LogP contribution in [0.1, 0.15) is 18.1 Å². The first-order chi connectivity index (χ1) is 11.9. The molecule has 0 heterocycles. The Morgan fingerprint density at radius 2 is 1.96 bits per heavy atom. The van der Waals surface area contributed by atoms with Gasteiger partial charge in [0.2, 0.25) is 0 Å². The lowest BCUT2D eigenvalue weighted by Crippen LogP contribution is -2.24. The lowest BCUT2D eigenvalue weighted by Gasteiger charge is -2.09. The molecular formula is C18H19N3O3S. The fourth-order valence-corrected chi connectivity index (χ4v) is 2.11. The maximum Gasteiger partial charge on any atom is 0.341 e. The van der Waals surface area contributed by atoms with Crippen molar-refractivity contribution in [1.82, 2.24) is 5.43 Å². The number of anilines is 1. The SMILES string of the molecule is C/C(=N/NC(=S)Nc1ccc(C)cc1)c1cccc(OCC(=O)O)c1. The lowest BCUT2D eigenvalue weighted by atomic mass is 10.1. The molecule has 0 amide bonds. The van der Waals surface area contributed by atoms with Crippen molar-refractivity contribution >= 4 is 34.7 Å². The molecule has 0 aliphatic carbocycles. The van der Waals surface area contributed by atoms with Gasteiger partial charge in [-0.1, -0.05) is 29.8 Å². The van der Waals surface area contributed by atoms with E-state index in [0.29, 0.717) is 16.6 Å². The minimum absolute atomic E-state index is 0.376. The first kappa shape index (κ1) is 18.4. The Bertz CT molecular complexity index is 788. The monoisotopic (exact) mass is 357 g/mol. The van der Waals surface area contributed by atoms with E-state index in [1.54, 1.807) is 18.2 Å². The van der Waals surface area contributed by atoms with Crippen LogP contribution in [0.4, 0.5) is 5.69 Å². The molecule has 0 aliphatic rings. The molecule has 0 atom stereocenters. The molecule has 0 saturated heterocycles. The van der Waals surface area contributed by atoms with Crippen LogP contribution in [0.3, 0.4) is 0 Å². The molecule has 0 fully saturated rings. The van der Waals surface area contributed by atoms with Crippen LogP contribution in [0.5, 0.6) is 5.75 Å². The van der Waals surface area contributed by atoms with Crippen LogP contribution < -0.4 is 15.5 Å². The molecule has 0 unspecified atom stereocenters. The van der Waals surface area contributed by atoms with E-state index in [1.165, 1.54) is 5.56 Å². The van der Waals surface area contributed by atoms with Crippen molar-refractivity contribution in [3.63, 3.8) is 0 Å². The predicted molar refractivity (Wildman–Crippen MR) is 102 cm³/mol. The van der Waals surface area contributed by atoms with Gasteiger partial charge in [0.05, 0.1) is 5.71 Å². The van der Waals surface area contributed by atoms with Crippen LogP contribution in [0.15, 0.2) is 53.6 Å². The third-order valence-electron chi connectivity index (χ3n) is 3.25. The van der Waals surface area contributed by atoms with Crippen LogP contribution >= 0.6 is 12.2 Å². The summed E-state index contributed by atoms with van der Waals surface area (Å²) >= 11 is 5.21. The summed E-state index contributed by atoms with van der Waals surface area (Å²) in [5.41, 5.74) is 6.32. The summed E-state index contributed by atoms with van der Waals surface area (Å²) in [7, 11) is 0. The predicted octanol–water partition coefficient (Wildman–Crippen LogP) is 3.17. The van der Waals surface area contributed by atoms with Crippen molar-refractivity contribution in [3.05, 3.63) is 59.7 Å². The van der Waals surface area contributed by atoms with E-state index >= 15 is 0 Å². The van der Waals surface area contributed by atoms with Gasteiger partial charge < -0.3 is 15.2 Å². The molecule has 0 aliphatic heterocycles. The molecule has 6 nitrogen and oxygen atoms in total. The molecule has 0 bridgehead atoms. The Labute approximate surface area is 151 Å². The molecule has 2 aromatic rings. The second-order valence-electron chi connectivity index (χ2n) is 5.34. The van der Waals surface area contributed by atoms with Gasteiger partial charge in [-0.15, -0.1) is 0 Å². The normalized spacial score (nSPS) is 10.9. The molecule has 7 heteroatoms. The number of hydrazone groups is 1. The maximum atomic E-state index is 10.6. The Morgan fingerprint density at radius 1 is 1.24 bits per heavy atom. The van der Waals surface area contributed by atoms with E-state index in [2.05, 4.69) is 15.8 Å². The highest BCUT2D eigenvalue weighted by molar-refractivity contribution is 7.80. The zero-order valence-electron chi connectivity index (χ0n) is 13.9. The van der Waals surface area contributed by atoms with Crippen molar-refractivity contribution in [1.29, 1.82) is 0 Å². The second-order valence-corrected chi connectivity index (χ2v) is 5.75. The van der Waals surface area contributed by atoms with Gasteiger partial charge in [-0.3, -0.25) is 5.43 Å². The number of carboxylic acids is 1. The van der Waals surface area contributed by atoms with Gasteiger partial charge in [-0.25, -0.2) is 4.79 Å². The number of rotatable bonds is 6. The number of thiocarbonyl (C=S) groups is 1. The quantitative estimate of drug-likeness (QED) is 0.418. The molecule has 0 radical (unpaired) electrons. The van der Waals surface area contributed by atoms with Gasteiger partial charge in [0.1, 0.15) is 5.75 Å². The van der Waals surface area contributed by atoms with Crippen molar-refractivity contribution in [2.75, 3.05) is 11.9 Å². The highest BCUT2D eigenvalue weighted by atomic mass is 32.1. The summed E-state index contributed by atoms with van der Waals surface area (Å²) in [4.78, 5) is 10.6. The van der Waals surface area contributed by atoms with Gasteiger partial charge in [-0.2, -0.15) is 5.10 Å². The molecule has 25 heavy (non-hydrogen) atoms. The number of aryl methyl sites for hydroxylation is 1. The number of ether oxygens (including phenoxy) is 1. The smallest absolute Gasteiger partial charge is 0.341 e. The molecule has 0 aromatic heterocycles. The second kappa shape index (κ2) is 8.79. The molecule has 0 saturated carbocycles. The van der Waals surface area contributed by atoms with E-state index < -0.39 is 5.97 Å². The van der Waals surface area contributed by atoms with E-state index in [4.69, 9.17) is 22.1 Å². The highest BCUT2D eigenvalue weighted by Gasteiger charge is 2.03. The average Bonchev–Trinajstić information content (AvgIpc) is 2.60. The third kappa shape index (κ3) is 6.23. The number of benzene rings is 2. The van der Waals surface area contributed by atoms with Crippen LogP contribution in [-0.4, -0.2) is 28.5 Å². The van der Waals surface area contributed by atoms with Gasteiger partial charge in [0.25, 0.3) is 0 Å². The molecule has 3 N–H and O–H groups in total. The maximum absolute atomic E-state index is 10.6. The minimum atomic E-state index is -1.02. The van der Waals surface area contributed by atoms with Crippen LogP contribution in [0.25, 0.3) is 0 Å². The van der Waals surface area contributed by atoms with Crippen LogP contribution in [0, 0.1) is 6.92 Å². The number of hydrogen-bond acceptors (Lipinski definition) is 4. The summed E-state index contributed by atoms with van der Waals surface area (Å²) in [6.45, 7) is 3.45. The number of carbonyl (C=O) groups is 1. The molecular weight excluding hydrogens is 338 g/mol. The molecule has 2 aromatic carbocycles.